The highest BCUT2D eigenvalue weighted by Gasteiger charge is 2.28. The van der Waals surface area contributed by atoms with E-state index in [9.17, 15) is 0 Å². The highest BCUT2D eigenvalue weighted by Crippen LogP contribution is 2.29. The summed E-state index contributed by atoms with van der Waals surface area (Å²) in [4.78, 5) is 11.4. The summed E-state index contributed by atoms with van der Waals surface area (Å²) in [7, 11) is 1.85. The summed E-state index contributed by atoms with van der Waals surface area (Å²) in [5.41, 5.74) is 3.22. The zero-order valence-corrected chi connectivity index (χ0v) is 17.1. The minimum Gasteiger partial charge on any atom is -0.352 e. The molecule has 1 N–H and O–H groups in total. The number of aromatic nitrogens is 3. The Hall–Kier alpha value is -2.02. The number of nitrogens with one attached hydrogen (secondary N) is 1. The Labute approximate surface area is 160 Å². The third-order valence-electron chi connectivity index (χ3n) is 4.42. The molecule has 0 amide bonds. The first kappa shape index (κ1) is 18.8. The predicted molar refractivity (Wildman–Crippen MR) is 109 cm³/mol. The van der Waals surface area contributed by atoms with Crippen LogP contribution in [0.3, 0.4) is 0 Å². The van der Waals surface area contributed by atoms with Gasteiger partial charge in [0.05, 0.1) is 5.69 Å². The van der Waals surface area contributed by atoms with Crippen LogP contribution in [0.2, 0.25) is 0 Å². The van der Waals surface area contributed by atoms with Crippen molar-refractivity contribution >= 4 is 17.7 Å². The van der Waals surface area contributed by atoms with Crippen molar-refractivity contribution in [2.24, 2.45) is 4.99 Å². The van der Waals surface area contributed by atoms with Crippen LogP contribution in [-0.4, -0.2) is 56.3 Å². The van der Waals surface area contributed by atoms with E-state index in [1.807, 2.05) is 49.6 Å². The van der Waals surface area contributed by atoms with E-state index in [0.29, 0.717) is 6.54 Å². The Balaban J connectivity index is 1.63. The van der Waals surface area contributed by atoms with Crippen LogP contribution in [-0.2, 0) is 6.54 Å². The standard InChI is InChI=1S/C19H28N6S/c1-14-10-15(2)25(23-14)17-7-6-16(11-21-17)12-22-18(20-5)24-8-9-26-19(3,4)13-24/h6-7,10-11H,8-9,12-13H2,1-5H3,(H,20,22). The maximum absolute atomic E-state index is 4.57. The zero-order chi connectivity index (χ0) is 18.7. The Morgan fingerprint density at radius 3 is 2.73 bits per heavy atom. The van der Waals surface area contributed by atoms with Crippen LogP contribution in [0.4, 0.5) is 0 Å². The first-order valence-corrected chi connectivity index (χ1v) is 9.95. The summed E-state index contributed by atoms with van der Waals surface area (Å²) < 4.78 is 2.14. The number of nitrogens with zero attached hydrogens (tertiary/aromatic N) is 5. The maximum atomic E-state index is 4.57. The second-order valence-corrected chi connectivity index (χ2v) is 9.10. The number of hydrogen-bond acceptors (Lipinski definition) is 4. The summed E-state index contributed by atoms with van der Waals surface area (Å²) >= 11 is 2.03. The molecule has 0 saturated carbocycles. The van der Waals surface area contributed by atoms with Crippen LogP contribution in [0, 0.1) is 13.8 Å². The minimum absolute atomic E-state index is 0.263. The summed E-state index contributed by atoms with van der Waals surface area (Å²) in [5, 5.41) is 7.96. The Kier molecular flexibility index (Phi) is 5.55. The second kappa shape index (κ2) is 7.70. The molecule has 1 saturated heterocycles. The second-order valence-electron chi connectivity index (χ2n) is 7.29. The van der Waals surface area contributed by atoms with E-state index >= 15 is 0 Å². The van der Waals surface area contributed by atoms with E-state index < -0.39 is 0 Å². The van der Waals surface area contributed by atoms with Crippen molar-refractivity contribution in [1.82, 2.24) is 25.0 Å². The SMILES string of the molecule is CN=C(NCc1ccc(-n2nc(C)cc2C)nc1)N1CCSC(C)(C)C1. The van der Waals surface area contributed by atoms with Gasteiger partial charge in [-0.2, -0.15) is 16.9 Å². The third-order valence-corrected chi connectivity index (χ3v) is 5.72. The van der Waals surface area contributed by atoms with Gasteiger partial charge in [-0.25, -0.2) is 9.67 Å². The smallest absolute Gasteiger partial charge is 0.193 e. The quantitative estimate of drug-likeness (QED) is 0.663. The molecule has 26 heavy (non-hydrogen) atoms. The molecule has 0 bridgehead atoms. The van der Waals surface area contributed by atoms with E-state index in [-0.39, 0.29) is 4.75 Å². The van der Waals surface area contributed by atoms with Crippen molar-refractivity contribution < 1.29 is 0 Å². The van der Waals surface area contributed by atoms with Crippen LogP contribution < -0.4 is 5.32 Å². The van der Waals surface area contributed by atoms with Gasteiger partial charge < -0.3 is 10.2 Å². The molecule has 7 heteroatoms. The van der Waals surface area contributed by atoms with Gasteiger partial charge >= 0.3 is 0 Å². The molecule has 6 nitrogen and oxygen atoms in total. The molecule has 1 aliphatic heterocycles. The van der Waals surface area contributed by atoms with E-state index in [2.05, 4.69) is 51.3 Å². The van der Waals surface area contributed by atoms with Gasteiger partial charge in [-0.1, -0.05) is 6.07 Å². The molecule has 0 spiro atoms. The number of aliphatic imine (C=N–C) groups is 1. The van der Waals surface area contributed by atoms with Crippen molar-refractivity contribution in [3.05, 3.63) is 41.3 Å². The number of hydrogen-bond donors (Lipinski definition) is 1. The third kappa shape index (κ3) is 4.38. The van der Waals surface area contributed by atoms with Gasteiger partial charge in [-0.3, -0.25) is 4.99 Å². The molecule has 0 aromatic carbocycles. The van der Waals surface area contributed by atoms with E-state index in [0.717, 1.165) is 47.6 Å². The minimum atomic E-state index is 0.263. The first-order valence-electron chi connectivity index (χ1n) is 8.96. The normalized spacial score (nSPS) is 17.4. The van der Waals surface area contributed by atoms with Gasteiger partial charge in [0.15, 0.2) is 11.8 Å². The lowest BCUT2D eigenvalue weighted by Gasteiger charge is -2.39. The molecule has 2 aromatic rings. The number of pyridine rings is 1. The van der Waals surface area contributed by atoms with E-state index in [1.54, 1.807) is 0 Å². The monoisotopic (exact) mass is 372 g/mol. The van der Waals surface area contributed by atoms with E-state index in [4.69, 9.17) is 0 Å². The summed E-state index contributed by atoms with van der Waals surface area (Å²) in [6.07, 6.45) is 1.90. The molecular formula is C19H28N6S. The van der Waals surface area contributed by atoms with Gasteiger partial charge in [0.25, 0.3) is 0 Å². The lowest BCUT2D eigenvalue weighted by atomic mass is 10.2. The molecule has 1 fully saturated rings. The average Bonchev–Trinajstić information content (AvgIpc) is 2.93. The predicted octanol–water partition coefficient (Wildman–Crippen LogP) is 2.79. The molecule has 0 atom stereocenters. The highest BCUT2D eigenvalue weighted by molar-refractivity contribution is 8.00. The van der Waals surface area contributed by atoms with Crippen molar-refractivity contribution in [1.29, 1.82) is 0 Å². The fourth-order valence-electron chi connectivity index (χ4n) is 3.22. The van der Waals surface area contributed by atoms with E-state index in [1.165, 1.54) is 0 Å². The molecule has 1 aliphatic rings. The number of rotatable bonds is 3. The van der Waals surface area contributed by atoms with Crippen LogP contribution in [0.1, 0.15) is 30.8 Å². The van der Waals surface area contributed by atoms with Crippen molar-refractivity contribution in [3.63, 3.8) is 0 Å². The lowest BCUT2D eigenvalue weighted by Crippen LogP contribution is -2.50. The van der Waals surface area contributed by atoms with Gasteiger partial charge in [0.2, 0.25) is 0 Å². The number of thioether (sulfide) groups is 1. The summed E-state index contributed by atoms with van der Waals surface area (Å²) in [6.45, 7) is 11.4. The van der Waals surface area contributed by atoms with Gasteiger partial charge in [0.1, 0.15) is 0 Å². The maximum Gasteiger partial charge on any atom is 0.193 e. The molecule has 3 heterocycles. The lowest BCUT2D eigenvalue weighted by molar-refractivity contribution is 0.375. The molecule has 2 aromatic heterocycles. The molecule has 140 valence electrons. The summed E-state index contributed by atoms with van der Waals surface area (Å²) in [6, 6.07) is 6.16. The Morgan fingerprint density at radius 2 is 2.15 bits per heavy atom. The molecular weight excluding hydrogens is 344 g/mol. The average molecular weight is 373 g/mol. The number of aryl methyl sites for hydroxylation is 2. The van der Waals surface area contributed by atoms with Crippen LogP contribution >= 0.6 is 11.8 Å². The van der Waals surface area contributed by atoms with Crippen molar-refractivity contribution in [3.8, 4) is 5.82 Å². The molecule has 0 unspecified atom stereocenters. The Morgan fingerprint density at radius 1 is 1.35 bits per heavy atom. The first-order chi connectivity index (χ1) is 12.4. The fraction of sp³-hybridized carbons (Fsp3) is 0.526. The summed E-state index contributed by atoms with van der Waals surface area (Å²) in [5.74, 6) is 2.94. The van der Waals surface area contributed by atoms with Gasteiger partial charge in [-0.15, -0.1) is 0 Å². The van der Waals surface area contributed by atoms with Crippen molar-refractivity contribution in [2.45, 2.75) is 39.0 Å². The molecule has 0 aliphatic carbocycles. The van der Waals surface area contributed by atoms with Gasteiger partial charge in [-0.05, 0) is 45.4 Å². The van der Waals surface area contributed by atoms with Crippen LogP contribution in [0.15, 0.2) is 29.4 Å². The highest BCUT2D eigenvalue weighted by atomic mass is 32.2. The molecule has 0 radical (unpaired) electrons. The topological polar surface area (TPSA) is 58.3 Å². The zero-order valence-electron chi connectivity index (χ0n) is 16.3. The molecule has 3 rings (SSSR count). The number of guanidine groups is 1. The van der Waals surface area contributed by atoms with Gasteiger partial charge in [0, 0.05) is 49.1 Å². The van der Waals surface area contributed by atoms with Crippen LogP contribution in [0.5, 0.6) is 0 Å². The van der Waals surface area contributed by atoms with Crippen molar-refractivity contribution in [2.75, 3.05) is 25.9 Å². The van der Waals surface area contributed by atoms with Crippen LogP contribution in [0.25, 0.3) is 5.82 Å². The fourth-order valence-corrected chi connectivity index (χ4v) is 4.33. The largest absolute Gasteiger partial charge is 0.352 e. The Bertz CT molecular complexity index is 778.